The predicted octanol–water partition coefficient (Wildman–Crippen LogP) is 2.30. The van der Waals surface area contributed by atoms with Gasteiger partial charge in [-0.05, 0) is 55.6 Å². The van der Waals surface area contributed by atoms with Gasteiger partial charge in [-0.25, -0.2) is 4.79 Å². The maximum absolute atomic E-state index is 13.0. The molecule has 0 aromatic heterocycles. The van der Waals surface area contributed by atoms with Crippen molar-refractivity contribution in [1.82, 2.24) is 4.90 Å². The Bertz CT molecular complexity index is 972. The van der Waals surface area contributed by atoms with E-state index in [1.54, 1.807) is 7.11 Å². The molecule has 0 radical (unpaired) electrons. The van der Waals surface area contributed by atoms with Gasteiger partial charge in [0.05, 0.1) is 20.6 Å². The van der Waals surface area contributed by atoms with Crippen molar-refractivity contribution in [2.45, 2.75) is 63.2 Å². The van der Waals surface area contributed by atoms with Crippen molar-refractivity contribution in [3.8, 4) is 11.5 Å². The lowest BCUT2D eigenvalue weighted by molar-refractivity contribution is -0.175. The van der Waals surface area contributed by atoms with Crippen LogP contribution < -0.4 is 9.47 Å². The average molecular weight is 476 g/mol. The van der Waals surface area contributed by atoms with Gasteiger partial charge in [0, 0.05) is 18.5 Å². The molecule has 9 heteroatoms. The second kappa shape index (κ2) is 9.84. The Morgan fingerprint density at radius 2 is 1.97 bits per heavy atom. The summed E-state index contributed by atoms with van der Waals surface area (Å²) >= 11 is 0. The molecule has 0 unspecified atom stereocenters. The minimum atomic E-state index is -2.03. The Morgan fingerprint density at radius 1 is 1.24 bits per heavy atom. The van der Waals surface area contributed by atoms with Crippen LogP contribution in [0.5, 0.6) is 11.5 Å². The minimum absolute atomic E-state index is 0.0634. The number of ether oxygens (including phenoxy) is 5. The van der Waals surface area contributed by atoms with E-state index in [9.17, 15) is 14.7 Å². The smallest absolute Gasteiger partial charge is 0.339 e. The Balaban J connectivity index is 1.70. The fourth-order valence-corrected chi connectivity index (χ4v) is 4.95. The quantitative estimate of drug-likeness (QED) is 0.567. The van der Waals surface area contributed by atoms with E-state index in [0.717, 1.165) is 43.5 Å². The van der Waals surface area contributed by atoms with Gasteiger partial charge in [-0.15, -0.1) is 0 Å². The van der Waals surface area contributed by atoms with E-state index < -0.39 is 30.1 Å². The van der Waals surface area contributed by atoms with E-state index in [1.807, 2.05) is 18.2 Å². The molecule has 3 aliphatic rings. The van der Waals surface area contributed by atoms with Gasteiger partial charge in [0.25, 0.3) is 0 Å². The third-order valence-electron chi connectivity index (χ3n) is 6.82. The number of hydrogen-bond donors (Lipinski definition) is 1. The van der Waals surface area contributed by atoms with Gasteiger partial charge in [0.2, 0.25) is 6.79 Å². The van der Waals surface area contributed by atoms with Crippen LogP contribution in [-0.4, -0.2) is 73.8 Å². The monoisotopic (exact) mass is 475 g/mol. The van der Waals surface area contributed by atoms with E-state index in [2.05, 4.69) is 16.6 Å². The van der Waals surface area contributed by atoms with Gasteiger partial charge in [-0.1, -0.05) is 13.3 Å². The van der Waals surface area contributed by atoms with Crippen LogP contribution in [0.2, 0.25) is 0 Å². The predicted molar refractivity (Wildman–Crippen MR) is 122 cm³/mol. The molecule has 0 fully saturated rings. The van der Waals surface area contributed by atoms with Crippen LogP contribution in [0.25, 0.3) is 0 Å². The van der Waals surface area contributed by atoms with Gasteiger partial charge in [0.15, 0.2) is 23.2 Å². The average Bonchev–Trinajstić information content (AvgIpc) is 3.38. The third-order valence-corrected chi connectivity index (χ3v) is 6.82. The summed E-state index contributed by atoms with van der Waals surface area (Å²) in [5.41, 5.74) is 0.0716. The molecule has 1 N–H and O–H groups in total. The van der Waals surface area contributed by atoms with Crippen LogP contribution in [0, 0.1) is 0 Å². The van der Waals surface area contributed by atoms with Crippen LogP contribution in [0.1, 0.15) is 50.2 Å². The summed E-state index contributed by atoms with van der Waals surface area (Å²) in [7, 11) is 2.75. The van der Waals surface area contributed by atoms with Crippen molar-refractivity contribution in [3.63, 3.8) is 0 Å². The number of unbranched alkanes of at least 4 members (excludes halogenated alkanes) is 1. The molecule has 0 amide bonds. The van der Waals surface area contributed by atoms with Crippen LogP contribution >= 0.6 is 0 Å². The summed E-state index contributed by atoms with van der Waals surface area (Å²) in [6.45, 7) is 5.31. The molecule has 4 rings (SSSR count). The highest BCUT2D eigenvalue weighted by atomic mass is 16.7. The summed E-state index contributed by atoms with van der Waals surface area (Å²) < 4.78 is 27.4. The Labute approximate surface area is 199 Å². The molecule has 1 aromatic rings. The third kappa shape index (κ3) is 4.59. The lowest BCUT2D eigenvalue weighted by atomic mass is 9.87. The summed E-state index contributed by atoms with van der Waals surface area (Å²) in [6, 6.07) is 3.92. The van der Waals surface area contributed by atoms with Crippen molar-refractivity contribution in [2.24, 2.45) is 0 Å². The maximum Gasteiger partial charge on any atom is 0.339 e. The molecule has 2 aliphatic heterocycles. The highest BCUT2D eigenvalue weighted by Gasteiger charge is 2.48. The first-order valence-corrected chi connectivity index (χ1v) is 11.7. The van der Waals surface area contributed by atoms with Crippen molar-refractivity contribution in [1.29, 1.82) is 0 Å². The fourth-order valence-electron chi connectivity index (χ4n) is 4.95. The number of aliphatic hydroxyl groups is 1. The van der Waals surface area contributed by atoms with Gasteiger partial charge in [0.1, 0.15) is 5.76 Å². The largest absolute Gasteiger partial charge is 0.497 e. The number of hydrogen-bond acceptors (Lipinski definition) is 9. The Hall–Kier alpha value is -2.78. The van der Waals surface area contributed by atoms with Gasteiger partial charge in [-0.2, -0.15) is 0 Å². The molecule has 0 saturated carbocycles. The first-order chi connectivity index (χ1) is 16.3. The maximum atomic E-state index is 13.0. The van der Waals surface area contributed by atoms with Gasteiger partial charge >= 0.3 is 11.9 Å². The summed E-state index contributed by atoms with van der Waals surface area (Å²) in [5, 5.41) is 10.7. The molecular weight excluding hydrogens is 442 g/mol. The number of benzene rings is 1. The number of carbonyl (C=O) groups excluding carboxylic acids is 2. The highest BCUT2D eigenvalue weighted by molar-refractivity contribution is 5.85. The van der Waals surface area contributed by atoms with Crippen LogP contribution in [0.3, 0.4) is 0 Å². The molecule has 0 saturated heterocycles. The van der Waals surface area contributed by atoms with E-state index >= 15 is 0 Å². The molecule has 2 heterocycles. The second-order valence-electron chi connectivity index (χ2n) is 9.19. The normalized spacial score (nSPS) is 24.9. The molecular formula is C25H33NO8. The lowest BCUT2D eigenvalue weighted by Crippen LogP contribution is -2.44. The molecule has 34 heavy (non-hydrogen) atoms. The summed E-state index contributed by atoms with van der Waals surface area (Å²) in [5.74, 6) is 0.0176. The first kappa shape index (κ1) is 24.3. The lowest BCUT2D eigenvalue weighted by Gasteiger charge is -2.33. The molecule has 9 nitrogen and oxygen atoms in total. The molecule has 186 valence electrons. The number of carbonyl (C=O) groups is 2. The standard InChI is InChI=1S/C25H33NO8/c1-5-6-8-26-9-7-15-10-18-19(33-14-32-18)11-16(15)22-17(26)12-20(30-3)23(22)34-24(28)25(2,29)13-21(27)31-4/h10-12,17,22-23,29H,5-9,13-14H2,1-4H3/t17-,22-,23+,25+/m0/s1. The summed E-state index contributed by atoms with van der Waals surface area (Å²) in [6.07, 6.45) is 3.65. The first-order valence-electron chi connectivity index (χ1n) is 11.7. The van der Waals surface area contributed by atoms with Crippen molar-refractivity contribution >= 4 is 11.9 Å². The SMILES string of the molecule is CCCCN1CCc2cc3c(cc2[C@@H]2[C@H](OC(=O)[C@](C)(O)CC(=O)OC)C(OC)=C[C@@H]21)OCO3. The molecule has 1 aliphatic carbocycles. The van der Waals surface area contributed by atoms with Crippen molar-refractivity contribution in [3.05, 3.63) is 35.1 Å². The second-order valence-corrected chi connectivity index (χ2v) is 9.19. The topological polar surface area (TPSA) is 104 Å². The summed E-state index contributed by atoms with van der Waals surface area (Å²) in [4.78, 5) is 27.1. The zero-order chi connectivity index (χ0) is 24.5. The van der Waals surface area contributed by atoms with Crippen molar-refractivity contribution in [2.75, 3.05) is 34.1 Å². The van der Waals surface area contributed by atoms with E-state index in [-0.39, 0.29) is 18.8 Å². The molecule has 1 aromatic carbocycles. The van der Waals surface area contributed by atoms with E-state index in [4.69, 9.17) is 18.9 Å². The van der Waals surface area contributed by atoms with Crippen LogP contribution in [-0.2, 0) is 30.2 Å². The zero-order valence-corrected chi connectivity index (χ0v) is 20.2. The molecule has 0 bridgehead atoms. The number of esters is 2. The van der Waals surface area contributed by atoms with Crippen LogP contribution in [0.15, 0.2) is 24.0 Å². The zero-order valence-electron chi connectivity index (χ0n) is 20.2. The number of rotatable bonds is 8. The number of fused-ring (bicyclic) bond motifs is 4. The van der Waals surface area contributed by atoms with Crippen molar-refractivity contribution < 1.29 is 38.4 Å². The minimum Gasteiger partial charge on any atom is -0.497 e. The van der Waals surface area contributed by atoms with Gasteiger partial charge < -0.3 is 28.8 Å². The van der Waals surface area contributed by atoms with E-state index in [1.165, 1.54) is 14.0 Å². The highest BCUT2D eigenvalue weighted by Crippen LogP contribution is 2.47. The van der Waals surface area contributed by atoms with Crippen LogP contribution in [0.4, 0.5) is 0 Å². The molecule has 0 spiro atoms. The number of nitrogens with zero attached hydrogens (tertiary/aromatic N) is 1. The fraction of sp³-hybridized carbons (Fsp3) is 0.600. The van der Waals surface area contributed by atoms with Gasteiger partial charge in [-0.3, -0.25) is 9.69 Å². The molecule has 4 atom stereocenters. The van der Waals surface area contributed by atoms with E-state index in [0.29, 0.717) is 17.3 Å². The Morgan fingerprint density at radius 3 is 2.65 bits per heavy atom. The number of methoxy groups -OCH3 is 2. The Kier molecular flexibility index (Phi) is 7.04.